The van der Waals surface area contributed by atoms with Gasteiger partial charge in [-0.05, 0) is 25.5 Å². The molecule has 1 N–H and O–H groups in total. The van der Waals surface area contributed by atoms with Crippen LogP contribution in [0.2, 0.25) is 0 Å². The Kier molecular flexibility index (Phi) is 2.19. The Bertz CT molecular complexity index is 240. The van der Waals surface area contributed by atoms with E-state index >= 15 is 0 Å². The second kappa shape index (κ2) is 2.96. The second-order valence-corrected chi connectivity index (χ2v) is 2.51. The summed E-state index contributed by atoms with van der Waals surface area (Å²) in [6, 6.07) is 1.67. The number of aliphatic hydroxyl groups excluding tert-OH is 1. The summed E-state index contributed by atoms with van der Waals surface area (Å²) in [4.78, 5) is 3.43. The molecule has 0 saturated carbocycles. The van der Waals surface area contributed by atoms with Crippen molar-refractivity contribution in [3.63, 3.8) is 0 Å². The number of rotatable bonds is 1. The summed E-state index contributed by atoms with van der Waals surface area (Å²) < 4.78 is 12.8. The zero-order valence-electron chi connectivity index (χ0n) is 6.50. The maximum absolute atomic E-state index is 12.8. The number of hydrogen-bond acceptors (Lipinski definition) is 2. The number of nitrogens with zero attached hydrogens (tertiary/aromatic N) is 1. The lowest BCUT2D eigenvalue weighted by Gasteiger charge is -2.07. The van der Waals surface area contributed by atoms with E-state index in [9.17, 15) is 4.39 Å². The molecule has 1 unspecified atom stereocenters. The normalized spacial score (nSPS) is 13.1. The number of halogens is 1. The SMILES string of the molecule is Cc1ccnc(F)c1C(C)O. The molecule has 1 aromatic rings. The van der Waals surface area contributed by atoms with E-state index in [1.54, 1.807) is 13.0 Å². The number of pyridine rings is 1. The van der Waals surface area contributed by atoms with E-state index < -0.39 is 12.1 Å². The summed E-state index contributed by atoms with van der Waals surface area (Å²) in [5.74, 6) is -0.583. The predicted octanol–water partition coefficient (Wildman–Crippen LogP) is 1.58. The van der Waals surface area contributed by atoms with E-state index in [0.29, 0.717) is 0 Å². The van der Waals surface area contributed by atoms with Gasteiger partial charge in [0.15, 0.2) is 0 Å². The predicted molar refractivity (Wildman–Crippen MR) is 39.6 cm³/mol. The van der Waals surface area contributed by atoms with Crippen LogP contribution in [0, 0.1) is 12.9 Å². The summed E-state index contributed by atoms with van der Waals surface area (Å²) in [6.45, 7) is 3.26. The van der Waals surface area contributed by atoms with Crippen LogP contribution in [0.5, 0.6) is 0 Å². The van der Waals surface area contributed by atoms with Gasteiger partial charge in [0.1, 0.15) is 0 Å². The molecule has 60 valence electrons. The Hall–Kier alpha value is -0.960. The number of hydrogen-bond donors (Lipinski definition) is 1. The molecule has 0 aliphatic rings. The van der Waals surface area contributed by atoms with Crippen LogP contribution in [0.3, 0.4) is 0 Å². The van der Waals surface area contributed by atoms with E-state index in [0.717, 1.165) is 5.56 Å². The van der Waals surface area contributed by atoms with Gasteiger partial charge in [0, 0.05) is 11.8 Å². The molecule has 1 aromatic heterocycles. The third kappa shape index (κ3) is 1.54. The highest BCUT2D eigenvalue weighted by molar-refractivity contribution is 5.24. The maximum Gasteiger partial charge on any atom is 0.218 e. The topological polar surface area (TPSA) is 33.1 Å². The lowest BCUT2D eigenvalue weighted by atomic mass is 10.1. The third-order valence-corrected chi connectivity index (χ3v) is 1.58. The first-order valence-electron chi connectivity index (χ1n) is 3.42. The van der Waals surface area contributed by atoms with E-state index in [4.69, 9.17) is 5.11 Å². The molecule has 0 amide bonds. The van der Waals surface area contributed by atoms with Crippen molar-refractivity contribution in [1.29, 1.82) is 0 Å². The van der Waals surface area contributed by atoms with E-state index in [1.165, 1.54) is 13.1 Å². The van der Waals surface area contributed by atoms with Gasteiger partial charge >= 0.3 is 0 Å². The van der Waals surface area contributed by atoms with Crippen LogP contribution < -0.4 is 0 Å². The molecule has 3 heteroatoms. The van der Waals surface area contributed by atoms with Gasteiger partial charge in [-0.3, -0.25) is 0 Å². The van der Waals surface area contributed by atoms with Crippen LogP contribution in [0.1, 0.15) is 24.2 Å². The van der Waals surface area contributed by atoms with Crippen molar-refractivity contribution < 1.29 is 9.50 Å². The summed E-state index contributed by atoms with van der Waals surface area (Å²) in [5, 5.41) is 9.11. The Labute approximate surface area is 64.7 Å². The number of aryl methyl sites for hydroxylation is 1. The zero-order valence-corrected chi connectivity index (χ0v) is 6.50. The lowest BCUT2D eigenvalue weighted by molar-refractivity contribution is 0.192. The molecule has 11 heavy (non-hydrogen) atoms. The summed E-state index contributed by atoms with van der Waals surface area (Å²) in [7, 11) is 0. The van der Waals surface area contributed by atoms with Crippen molar-refractivity contribution in [2.24, 2.45) is 0 Å². The first-order valence-corrected chi connectivity index (χ1v) is 3.42. The third-order valence-electron chi connectivity index (χ3n) is 1.58. The minimum absolute atomic E-state index is 0.285. The van der Waals surface area contributed by atoms with Crippen molar-refractivity contribution in [2.45, 2.75) is 20.0 Å². The minimum atomic E-state index is -0.788. The van der Waals surface area contributed by atoms with Gasteiger partial charge in [-0.2, -0.15) is 4.39 Å². The molecule has 2 nitrogen and oxygen atoms in total. The highest BCUT2D eigenvalue weighted by Crippen LogP contribution is 2.18. The van der Waals surface area contributed by atoms with Crippen molar-refractivity contribution in [2.75, 3.05) is 0 Å². The molecule has 1 atom stereocenters. The van der Waals surface area contributed by atoms with Gasteiger partial charge in [-0.25, -0.2) is 4.98 Å². The molecule has 0 aromatic carbocycles. The van der Waals surface area contributed by atoms with Crippen molar-refractivity contribution >= 4 is 0 Å². The highest BCUT2D eigenvalue weighted by Gasteiger charge is 2.10. The van der Waals surface area contributed by atoms with Gasteiger partial charge in [0.25, 0.3) is 0 Å². The van der Waals surface area contributed by atoms with E-state index in [2.05, 4.69) is 4.98 Å². The quantitative estimate of drug-likeness (QED) is 0.624. The standard InChI is InChI=1S/C8H10FNO/c1-5-3-4-10-8(9)7(5)6(2)11/h3-4,6,11H,1-2H3. The second-order valence-electron chi connectivity index (χ2n) is 2.51. The fourth-order valence-electron chi connectivity index (χ4n) is 1.04. The molecule has 0 aliphatic heterocycles. The van der Waals surface area contributed by atoms with Gasteiger partial charge in [-0.1, -0.05) is 0 Å². The Morgan fingerprint density at radius 2 is 2.27 bits per heavy atom. The molecule has 0 radical (unpaired) electrons. The van der Waals surface area contributed by atoms with Gasteiger partial charge in [-0.15, -0.1) is 0 Å². The van der Waals surface area contributed by atoms with Gasteiger partial charge in [0.05, 0.1) is 6.10 Å². The summed E-state index contributed by atoms with van der Waals surface area (Å²) >= 11 is 0. The Morgan fingerprint density at radius 3 is 2.64 bits per heavy atom. The average molecular weight is 155 g/mol. The highest BCUT2D eigenvalue weighted by atomic mass is 19.1. The molecular weight excluding hydrogens is 145 g/mol. The van der Waals surface area contributed by atoms with Crippen molar-refractivity contribution in [3.8, 4) is 0 Å². The Morgan fingerprint density at radius 1 is 1.64 bits per heavy atom. The smallest absolute Gasteiger partial charge is 0.218 e. The largest absolute Gasteiger partial charge is 0.389 e. The van der Waals surface area contributed by atoms with Gasteiger partial charge in [0.2, 0.25) is 5.95 Å². The minimum Gasteiger partial charge on any atom is -0.389 e. The molecular formula is C8H10FNO. The Balaban J connectivity index is 3.21. The fraction of sp³-hybridized carbons (Fsp3) is 0.375. The van der Waals surface area contributed by atoms with Crippen LogP contribution in [-0.4, -0.2) is 10.1 Å². The van der Waals surface area contributed by atoms with Crippen LogP contribution in [0.4, 0.5) is 4.39 Å². The summed E-state index contributed by atoms with van der Waals surface area (Å²) in [5.41, 5.74) is 1.01. The number of aromatic nitrogens is 1. The molecule has 1 heterocycles. The average Bonchev–Trinajstić information content (AvgIpc) is 1.85. The molecule has 0 fully saturated rings. The first-order chi connectivity index (χ1) is 5.13. The molecule has 0 spiro atoms. The maximum atomic E-state index is 12.8. The molecule has 0 saturated heterocycles. The van der Waals surface area contributed by atoms with Crippen LogP contribution in [-0.2, 0) is 0 Å². The van der Waals surface area contributed by atoms with Crippen LogP contribution >= 0.6 is 0 Å². The molecule has 1 rings (SSSR count). The summed E-state index contributed by atoms with van der Waals surface area (Å²) in [6.07, 6.45) is 0.597. The lowest BCUT2D eigenvalue weighted by Crippen LogP contribution is -2.00. The molecule has 0 bridgehead atoms. The van der Waals surface area contributed by atoms with Gasteiger partial charge < -0.3 is 5.11 Å². The van der Waals surface area contributed by atoms with E-state index in [1.807, 2.05) is 0 Å². The van der Waals surface area contributed by atoms with Crippen molar-refractivity contribution in [1.82, 2.24) is 4.98 Å². The first kappa shape index (κ1) is 8.14. The number of aliphatic hydroxyl groups is 1. The zero-order chi connectivity index (χ0) is 8.43. The molecule has 0 aliphatic carbocycles. The fourth-order valence-corrected chi connectivity index (χ4v) is 1.04. The van der Waals surface area contributed by atoms with E-state index in [-0.39, 0.29) is 5.56 Å². The van der Waals surface area contributed by atoms with Crippen molar-refractivity contribution in [3.05, 3.63) is 29.3 Å². The van der Waals surface area contributed by atoms with Crippen LogP contribution in [0.15, 0.2) is 12.3 Å². The monoisotopic (exact) mass is 155 g/mol. The van der Waals surface area contributed by atoms with Crippen LogP contribution in [0.25, 0.3) is 0 Å².